The predicted octanol–water partition coefficient (Wildman–Crippen LogP) is 3.88. The summed E-state index contributed by atoms with van der Waals surface area (Å²) in [7, 11) is 3.14. The van der Waals surface area contributed by atoms with Crippen LogP contribution in [0.25, 0.3) is 0 Å². The number of ether oxygens (including phenoxy) is 2. The zero-order chi connectivity index (χ0) is 21.3. The van der Waals surface area contributed by atoms with Crippen molar-refractivity contribution in [1.29, 1.82) is 0 Å². The number of methoxy groups -OCH3 is 2. The number of carbonyl (C=O) groups is 1. The molecule has 2 heterocycles. The number of nitrogens with one attached hydrogen (secondary N) is 2. The molecule has 0 radical (unpaired) electrons. The summed E-state index contributed by atoms with van der Waals surface area (Å²) in [5.74, 6) is 1.39. The number of hydrogen-bond acceptors (Lipinski definition) is 6. The number of rotatable bonds is 5. The van der Waals surface area contributed by atoms with Gasteiger partial charge in [0.15, 0.2) is 11.5 Å². The van der Waals surface area contributed by atoms with Gasteiger partial charge in [0.05, 0.1) is 30.5 Å². The van der Waals surface area contributed by atoms with E-state index in [2.05, 4.69) is 20.7 Å². The number of hydrogen-bond donors (Lipinski definition) is 2. The zero-order valence-electron chi connectivity index (χ0n) is 16.6. The molecule has 154 valence electrons. The summed E-state index contributed by atoms with van der Waals surface area (Å²) in [6.45, 7) is 1.83. The average molecular weight is 426 g/mol. The first kappa shape index (κ1) is 19.8. The van der Waals surface area contributed by atoms with Gasteiger partial charge in [-0.1, -0.05) is 29.8 Å². The van der Waals surface area contributed by atoms with Crippen LogP contribution in [0.4, 0.5) is 11.6 Å². The maximum Gasteiger partial charge on any atom is 0.255 e. The van der Waals surface area contributed by atoms with Crippen molar-refractivity contribution in [1.82, 2.24) is 14.8 Å². The van der Waals surface area contributed by atoms with E-state index in [0.29, 0.717) is 39.4 Å². The van der Waals surface area contributed by atoms with Gasteiger partial charge in [-0.05, 0) is 36.8 Å². The molecule has 1 amide bonds. The van der Waals surface area contributed by atoms with Gasteiger partial charge in [0.25, 0.3) is 5.91 Å². The summed E-state index contributed by atoms with van der Waals surface area (Å²) >= 11 is 6.23. The smallest absolute Gasteiger partial charge is 0.255 e. The predicted molar refractivity (Wildman–Crippen MR) is 114 cm³/mol. The van der Waals surface area contributed by atoms with E-state index in [4.69, 9.17) is 21.1 Å². The number of amides is 1. The van der Waals surface area contributed by atoms with Gasteiger partial charge in [-0.25, -0.2) is 4.68 Å². The van der Waals surface area contributed by atoms with E-state index in [9.17, 15) is 4.79 Å². The van der Waals surface area contributed by atoms with Gasteiger partial charge in [0.2, 0.25) is 5.95 Å². The highest BCUT2D eigenvalue weighted by Gasteiger charge is 2.34. The van der Waals surface area contributed by atoms with Crippen LogP contribution in [0.1, 0.15) is 18.5 Å². The molecule has 1 aromatic heterocycles. The first-order valence-corrected chi connectivity index (χ1v) is 9.56. The van der Waals surface area contributed by atoms with E-state index < -0.39 is 6.04 Å². The van der Waals surface area contributed by atoms with Crippen molar-refractivity contribution in [3.8, 4) is 11.5 Å². The number of halogens is 1. The van der Waals surface area contributed by atoms with Gasteiger partial charge in [-0.2, -0.15) is 10.1 Å². The molecule has 2 N–H and O–H groups in total. The third-order valence-electron chi connectivity index (χ3n) is 4.88. The number of carbonyl (C=O) groups excluding carboxylic acids is 1. The summed E-state index contributed by atoms with van der Waals surface area (Å²) in [5, 5.41) is 10.8. The lowest BCUT2D eigenvalue weighted by atomic mass is 9.94. The highest BCUT2D eigenvalue weighted by molar-refractivity contribution is 6.33. The van der Waals surface area contributed by atoms with Crippen molar-refractivity contribution in [3.05, 3.63) is 70.6 Å². The van der Waals surface area contributed by atoms with Crippen molar-refractivity contribution >= 4 is 29.1 Å². The lowest BCUT2D eigenvalue weighted by molar-refractivity contribution is -0.113. The van der Waals surface area contributed by atoms with E-state index in [0.717, 1.165) is 5.56 Å². The minimum Gasteiger partial charge on any atom is -0.493 e. The summed E-state index contributed by atoms with van der Waals surface area (Å²) in [6.07, 6.45) is 1.44. The van der Waals surface area contributed by atoms with Crippen molar-refractivity contribution in [2.75, 3.05) is 24.9 Å². The Morgan fingerprint density at radius 1 is 1.17 bits per heavy atom. The Morgan fingerprint density at radius 3 is 2.67 bits per heavy atom. The molecule has 2 aromatic carbocycles. The van der Waals surface area contributed by atoms with Gasteiger partial charge < -0.3 is 20.1 Å². The summed E-state index contributed by atoms with van der Waals surface area (Å²) in [5.41, 5.74) is 2.48. The fraction of sp³-hybridized carbons (Fsp3) is 0.190. The standard InChI is InChI=1S/C21H20ClN5O3/c1-12-18(20(28)26-15-7-5-4-6-14(15)22)19(27-21(25-12)23-11-24-27)13-8-9-16(29-2)17(10-13)30-3/h4-11,19H,1-3H3,(H,26,28)(H,23,24,25)/t19-/m1/s1. The Hall–Kier alpha value is -3.52. The van der Waals surface area contributed by atoms with Crippen LogP contribution in [0.3, 0.4) is 0 Å². The van der Waals surface area contributed by atoms with Gasteiger partial charge >= 0.3 is 0 Å². The molecule has 4 rings (SSSR count). The number of nitrogens with zero attached hydrogens (tertiary/aromatic N) is 3. The lowest BCUT2D eigenvalue weighted by Gasteiger charge is -2.29. The molecule has 1 aliphatic rings. The third-order valence-corrected chi connectivity index (χ3v) is 5.21. The van der Waals surface area contributed by atoms with E-state index >= 15 is 0 Å². The van der Waals surface area contributed by atoms with Crippen molar-refractivity contribution < 1.29 is 14.3 Å². The second kappa shape index (κ2) is 8.08. The van der Waals surface area contributed by atoms with Crippen molar-refractivity contribution in [2.45, 2.75) is 13.0 Å². The van der Waals surface area contributed by atoms with Crippen LogP contribution in [-0.4, -0.2) is 34.9 Å². The van der Waals surface area contributed by atoms with Crippen molar-refractivity contribution in [2.24, 2.45) is 0 Å². The highest BCUT2D eigenvalue weighted by Crippen LogP contribution is 2.39. The molecular formula is C21H20ClN5O3. The van der Waals surface area contributed by atoms with E-state index in [1.807, 2.05) is 25.1 Å². The number of para-hydroxylation sites is 1. The zero-order valence-corrected chi connectivity index (χ0v) is 17.4. The molecule has 9 heteroatoms. The number of aromatic nitrogens is 3. The van der Waals surface area contributed by atoms with Gasteiger partial charge in [-0.3, -0.25) is 4.79 Å². The second-order valence-electron chi connectivity index (χ2n) is 6.64. The molecule has 0 saturated heterocycles. The maximum absolute atomic E-state index is 13.3. The normalized spacial score (nSPS) is 15.3. The number of allylic oxidation sites excluding steroid dienone is 1. The van der Waals surface area contributed by atoms with Gasteiger partial charge in [-0.15, -0.1) is 0 Å². The molecule has 0 aliphatic carbocycles. The second-order valence-corrected chi connectivity index (χ2v) is 7.05. The number of benzene rings is 2. The molecule has 0 saturated carbocycles. The molecule has 8 nitrogen and oxygen atoms in total. The topological polar surface area (TPSA) is 90.3 Å². The first-order chi connectivity index (χ1) is 14.5. The Balaban J connectivity index is 1.80. The molecule has 1 atom stereocenters. The van der Waals surface area contributed by atoms with E-state index in [1.165, 1.54) is 6.33 Å². The van der Waals surface area contributed by atoms with Crippen LogP contribution in [0.5, 0.6) is 11.5 Å². The molecule has 0 fully saturated rings. The summed E-state index contributed by atoms with van der Waals surface area (Å²) in [4.78, 5) is 17.6. The van der Waals surface area contributed by atoms with Crippen LogP contribution in [0, 0.1) is 0 Å². The van der Waals surface area contributed by atoms with Gasteiger partial charge in [0.1, 0.15) is 12.4 Å². The summed E-state index contributed by atoms with van der Waals surface area (Å²) < 4.78 is 12.5. The van der Waals surface area contributed by atoms with Crippen LogP contribution in [0.15, 0.2) is 60.1 Å². The molecule has 0 unspecified atom stereocenters. The SMILES string of the molecule is COc1ccc([C@@H]2C(C(=O)Nc3ccccc3Cl)=C(C)Nc3ncnn32)cc1OC. The molecule has 30 heavy (non-hydrogen) atoms. The van der Waals surface area contributed by atoms with Crippen LogP contribution < -0.4 is 20.1 Å². The molecule has 0 bridgehead atoms. The number of anilines is 2. The van der Waals surface area contributed by atoms with Gasteiger partial charge in [0, 0.05) is 5.70 Å². The van der Waals surface area contributed by atoms with Crippen LogP contribution in [0.2, 0.25) is 5.02 Å². The molecule has 3 aromatic rings. The van der Waals surface area contributed by atoms with Crippen LogP contribution in [-0.2, 0) is 4.79 Å². The summed E-state index contributed by atoms with van der Waals surface area (Å²) in [6, 6.07) is 12.1. The van der Waals surface area contributed by atoms with E-state index in [-0.39, 0.29) is 5.91 Å². The Morgan fingerprint density at radius 2 is 1.93 bits per heavy atom. The quantitative estimate of drug-likeness (QED) is 0.644. The Bertz CT molecular complexity index is 1140. The average Bonchev–Trinajstić information content (AvgIpc) is 3.21. The monoisotopic (exact) mass is 425 g/mol. The lowest BCUT2D eigenvalue weighted by Crippen LogP contribution is -2.31. The fourth-order valence-electron chi connectivity index (χ4n) is 3.47. The maximum atomic E-state index is 13.3. The largest absolute Gasteiger partial charge is 0.493 e. The molecular weight excluding hydrogens is 406 g/mol. The minimum absolute atomic E-state index is 0.297. The van der Waals surface area contributed by atoms with Crippen molar-refractivity contribution in [3.63, 3.8) is 0 Å². The third kappa shape index (κ3) is 3.46. The highest BCUT2D eigenvalue weighted by atomic mass is 35.5. The molecule has 0 spiro atoms. The first-order valence-electron chi connectivity index (χ1n) is 9.18. The number of fused-ring (bicyclic) bond motifs is 1. The Labute approximate surface area is 178 Å². The van der Waals surface area contributed by atoms with Crippen LogP contribution >= 0.6 is 11.6 Å². The molecule has 1 aliphatic heterocycles. The Kier molecular flexibility index (Phi) is 5.33. The minimum atomic E-state index is -0.522. The fourth-order valence-corrected chi connectivity index (χ4v) is 3.65. The van der Waals surface area contributed by atoms with E-state index in [1.54, 1.807) is 43.2 Å².